The number of anilines is 1. The van der Waals surface area contributed by atoms with Crippen molar-refractivity contribution in [3.8, 4) is 5.75 Å². The molecule has 1 atom stereocenters. The van der Waals surface area contributed by atoms with Gasteiger partial charge in [-0.15, -0.1) is 0 Å². The maximum atomic E-state index is 11.7. The van der Waals surface area contributed by atoms with Crippen LogP contribution in [-0.4, -0.2) is 19.1 Å². The molecule has 0 saturated heterocycles. The van der Waals surface area contributed by atoms with Crippen molar-refractivity contribution in [2.75, 3.05) is 11.9 Å². The lowest BCUT2D eigenvalue weighted by Gasteiger charge is -2.30. The topological polar surface area (TPSA) is 29.5 Å². The van der Waals surface area contributed by atoms with Crippen molar-refractivity contribution in [1.82, 2.24) is 0 Å². The summed E-state index contributed by atoms with van der Waals surface area (Å²) in [5.74, 6) is 0.742. The molecule has 15 heavy (non-hydrogen) atoms. The molecule has 80 valence electrons. The zero-order chi connectivity index (χ0) is 11.2. The van der Waals surface area contributed by atoms with Crippen LogP contribution < -0.4 is 9.64 Å². The summed E-state index contributed by atoms with van der Waals surface area (Å²) in [7, 11) is 1.77. The molecule has 0 N–H and O–H groups in total. The fourth-order valence-electron chi connectivity index (χ4n) is 1.64. The lowest BCUT2D eigenvalue weighted by atomic mass is 10.1. The number of hydrogen-bond donors (Lipinski definition) is 0. The van der Waals surface area contributed by atoms with Crippen LogP contribution in [-0.2, 0) is 4.79 Å². The molecule has 4 heteroatoms. The van der Waals surface area contributed by atoms with E-state index in [9.17, 15) is 4.79 Å². The fourth-order valence-corrected chi connectivity index (χ4v) is 1.96. The Labute approximate surface area is 97.2 Å². The number of aryl methyl sites for hydroxylation is 1. The van der Waals surface area contributed by atoms with Crippen LogP contribution in [0.1, 0.15) is 12.5 Å². The number of carbonyl (C=O) groups excluding carboxylic acids is 1. The number of halogens is 1. The Morgan fingerprint density at radius 1 is 1.47 bits per heavy atom. The minimum absolute atomic E-state index is 0.00998. The summed E-state index contributed by atoms with van der Waals surface area (Å²) in [5.41, 5.74) is 1.92. The van der Waals surface area contributed by atoms with Gasteiger partial charge in [-0.05, 0) is 31.5 Å². The number of carbonyl (C=O) groups is 1. The van der Waals surface area contributed by atoms with Crippen LogP contribution in [0.25, 0.3) is 0 Å². The zero-order valence-electron chi connectivity index (χ0n) is 8.87. The summed E-state index contributed by atoms with van der Waals surface area (Å²) in [5, 5.41) is 0. The van der Waals surface area contributed by atoms with E-state index in [1.165, 1.54) is 0 Å². The van der Waals surface area contributed by atoms with Crippen molar-refractivity contribution in [2.24, 2.45) is 0 Å². The molecule has 1 unspecified atom stereocenters. The maximum Gasteiger partial charge on any atom is 0.267 e. The maximum absolute atomic E-state index is 11.7. The summed E-state index contributed by atoms with van der Waals surface area (Å²) in [6.45, 7) is 3.75. The van der Waals surface area contributed by atoms with Gasteiger partial charge in [-0.2, -0.15) is 0 Å². The molecule has 1 aliphatic rings. The van der Waals surface area contributed by atoms with Crippen LogP contribution in [0.5, 0.6) is 5.75 Å². The lowest BCUT2D eigenvalue weighted by molar-refractivity contribution is -0.125. The third kappa shape index (κ3) is 1.63. The number of rotatable bonds is 0. The zero-order valence-corrected chi connectivity index (χ0v) is 10.5. The monoisotopic (exact) mass is 269 g/mol. The highest BCUT2D eigenvalue weighted by Crippen LogP contribution is 2.37. The van der Waals surface area contributed by atoms with Crippen LogP contribution in [0.4, 0.5) is 5.69 Å². The number of ether oxygens (including phenoxy) is 1. The van der Waals surface area contributed by atoms with Crippen LogP contribution >= 0.6 is 15.9 Å². The molecule has 0 bridgehead atoms. The first-order chi connectivity index (χ1) is 7.00. The molecule has 1 aromatic carbocycles. The van der Waals surface area contributed by atoms with E-state index in [4.69, 9.17) is 4.74 Å². The minimum Gasteiger partial charge on any atom is -0.479 e. The van der Waals surface area contributed by atoms with Gasteiger partial charge in [-0.1, -0.05) is 15.9 Å². The number of benzene rings is 1. The average Bonchev–Trinajstić information content (AvgIpc) is 2.19. The van der Waals surface area contributed by atoms with E-state index in [1.54, 1.807) is 18.9 Å². The second kappa shape index (κ2) is 3.52. The Kier molecular flexibility index (Phi) is 2.46. The van der Waals surface area contributed by atoms with Gasteiger partial charge in [0.05, 0.1) is 5.69 Å². The van der Waals surface area contributed by atoms with Gasteiger partial charge in [0.1, 0.15) is 5.75 Å². The average molecular weight is 270 g/mol. The highest BCUT2D eigenvalue weighted by atomic mass is 79.9. The van der Waals surface area contributed by atoms with E-state index in [-0.39, 0.29) is 5.91 Å². The van der Waals surface area contributed by atoms with E-state index in [0.29, 0.717) is 0 Å². The molecule has 1 aromatic rings. The molecule has 0 aromatic heterocycles. The van der Waals surface area contributed by atoms with Gasteiger partial charge in [0, 0.05) is 11.5 Å². The quantitative estimate of drug-likeness (QED) is 0.725. The van der Waals surface area contributed by atoms with Gasteiger partial charge in [-0.25, -0.2) is 0 Å². The first-order valence-electron chi connectivity index (χ1n) is 4.75. The van der Waals surface area contributed by atoms with Gasteiger partial charge in [0.25, 0.3) is 5.91 Å². The molecule has 3 nitrogen and oxygen atoms in total. The fraction of sp³-hybridized carbons (Fsp3) is 0.364. The van der Waals surface area contributed by atoms with E-state index < -0.39 is 6.10 Å². The number of nitrogens with zero attached hydrogens (tertiary/aromatic N) is 1. The Morgan fingerprint density at radius 3 is 2.80 bits per heavy atom. The second-order valence-electron chi connectivity index (χ2n) is 3.73. The Morgan fingerprint density at radius 2 is 2.13 bits per heavy atom. The summed E-state index contributed by atoms with van der Waals surface area (Å²) < 4.78 is 6.53. The lowest BCUT2D eigenvalue weighted by Crippen LogP contribution is -2.42. The Balaban J connectivity index is 2.56. The summed E-state index contributed by atoms with van der Waals surface area (Å²) >= 11 is 3.45. The second-order valence-corrected chi connectivity index (χ2v) is 4.58. The normalized spacial score (nSPS) is 19.9. The van der Waals surface area contributed by atoms with E-state index in [0.717, 1.165) is 21.5 Å². The minimum atomic E-state index is -0.405. The first kappa shape index (κ1) is 10.5. The molecule has 1 heterocycles. The predicted octanol–water partition coefficient (Wildman–Crippen LogP) is 2.50. The molecular weight excluding hydrogens is 258 g/mol. The Hall–Kier alpha value is -1.03. The van der Waals surface area contributed by atoms with Crippen molar-refractivity contribution in [1.29, 1.82) is 0 Å². The van der Waals surface area contributed by atoms with Crippen LogP contribution in [0.2, 0.25) is 0 Å². The molecule has 0 saturated carbocycles. The molecular formula is C11H12BrNO2. The largest absolute Gasteiger partial charge is 0.479 e. The summed E-state index contributed by atoms with van der Waals surface area (Å²) in [6, 6.07) is 3.85. The van der Waals surface area contributed by atoms with Gasteiger partial charge >= 0.3 is 0 Å². The van der Waals surface area contributed by atoms with Crippen molar-refractivity contribution < 1.29 is 9.53 Å². The third-order valence-corrected chi connectivity index (χ3v) is 3.44. The molecule has 1 aliphatic heterocycles. The summed E-state index contributed by atoms with van der Waals surface area (Å²) in [6.07, 6.45) is -0.405. The predicted molar refractivity (Wildman–Crippen MR) is 62.4 cm³/mol. The molecule has 0 aliphatic carbocycles. The van der Waals surface area contributed by atoms with E-state index in [1.807, 2.05) is 19.1 Å². The Bertz CT molecular complexity index is 431. The van der Waals surface area contributed by atoms with Crippen LogP contribution in [0.3, 0.4) is 0 Å². The number of fused-ring (bicyclic) bond motifs is 1. The van der Waals surface area contributed by atoms with E-state index in [2.05, 4.69) is 15.9 Å². The highest BCUT2D eigenvalue weighted by Gasteiger charge is 2.29. The molecule has 0 fully saturated rings. The smallest absolute Gasteiger partial charge is 0.267 e. The standard InChI is InChI=1S/C11H12BrNO2/c1-6-4-9-10(5-8(6)12)15-7(2)11(14)13(9)3/h4-5,7H,1-3H3. The van der Waals surface area contributed by atoms with Crippen molar-refractivity contribution in [3.05, 3.63) is 22.2 Å². The van der Waals surface area contributed by atoms with Crippen molar-refractivity contribution >= 4 is 27.5 Å². The molecule has 0 spiro atoms. The molecule has 2 rings (SSSR count). The van der Waals surface area contributed by atoms with Gasteiger partial charge in [-0.3, -0.25) is 4.79 Å². The van der Waals surface area contributed by atoms with Gasteiger partial charge < -0.3 is 9.64 Å². The van der Waals surface area contributed by atoms with Gasteiger partial charge in [0.2, 0.25) is 0 Å². The van der Waals surface area contributed by atoms with Crippen LogP contribution in [0.15, 0.2) is 16.6 Å². The molecule has 1 amide bonds. The molecule has 0 radical (unpaired) electrons. The van der Waals surface area contributed by atoms with Crippen molar-refractivity contribution in [2.45, 2.75) is 20.0 Å². The first-order valence-corrected chi connectivity index (χ1v) is 5.54. The highest BCUT2D eigenvalue weighted by molar-refractivity contribution is 9.10. The van der Waals surface area contributed by atoms with Crippen molar-refractivity contribution in [3.63, 3.8) is 0 Å². The number of amides is 1. The third-order valence-electron chi connectivity index (χ3n) is 2.58. The van der Waals surface area contributed by atoms with E-state index >= 15 is 0 Å². The van der Waals surface area contributed by atoms with Crippen LogP contribution in [0, 0.1) is 6.92 Å². The number of hydrogen-bond acceptors (Lipinski definition) is 2. The number of likely N-dealkylation sites (N-methyl/N-ethyl adjacent to an activating group) is 1. The SMILES string of the molecule is Cc1cc2c(cc1Br)OC(C)C(=O)N2C. The van der Waals surface area contributed by atoms with Gasteiger partial charge in [0.15, 0.2) is 6.10 Å². The summed E-state index contributed by atoms with van der Waals surface area (Å²) in [4.78, 5) is 13.3.